The number of benzene rings is 2. The van der Waals surface area contributed by atoms with Crippen molar-refractivity contribution in [2.75, 3.05) is 18.4 Å². The molecule has 0 radical (unpaired) electrons. The Kier molecular flexibility index (Phi) is 5.92. The van der Waals surface area contributed by atoms with Crippen molar-refractivity contribution in [3.63, 3.8) is 0 Å². The van der Waals surface area contributed by atoms with Gasteiger partial charge in [0.25, 0.3) is 5.91 Å². The van der Waals surface area contributed by atoms with Gasteiger partial charge in [-0.3, -0.25) is 9.59 Å². The number of anilines is 1. The lowest BCUT2D eigenvalue weighted by Crippen LogP contribution is -2.43. The fraction of sp³-hybridized carbons (Fsp3) is 0.227. The van der Waals surface area contributed by atoms with E-state index in [1.54, 1.807) is 46.7 Å². The lowest BCUT2D eigenvalue weighted by atomic mass is 9.96. The van der Waals surface area contributed by atoms with E-state index in [1.807, 2.05) is 29.6 Å². The van der Waals surface area contributed by atoms with Gasteiger partial charge in [0.2, 0.25) is 5.91 Å². The summed E-state index contributed by atoms with van der Waals surface area (Å²) >= 11 is 7.48. The predicted octanol–water partition coefficient (Wildman–Crippen LogP) is 4.95. The summed E-state index contributed by atoms with van der Waals surface area (Å²) in [7, 11) is 0. The zero-order valence-electron chi connectivity index (χ0n) is 15.7. The molecule has 148 valence electrons. The molecule has 0 spiro atoms. The third kappa shape index (κ3) is 4.66. The molecule has 1 atom stereocenters. The van der Waals surface area contributed by atoms with Gasteiger partial charge in [0.05, 0.1) is 5.92 Å². The van der Waals surface area contributed by atoms with Crippen molar-refractivity contribution in [2.24, 2.45) is 5.92 Å². The first-order valence-electron chi connectivity index (χ1n) is 9.46. The van der Waals surface area contributed by atoms with Crippen LogP contribution in [0.5, 0.6) is 0 Å². The molecule has 1 saturated heterocycles. The highest BCUT2D eigenvalue weighted by atomic mass is 35.5. The van der Waals surface area contributed by atoms with Crippen molar-refractivity contribution in [1.82, 2.24) is 9.88 Å². The van der Waals surface area contributed by atoms with Crippen molar-refractivity contribution >= 4 is 40.4 Å². The Labute approximate surface area is 178 Å². The average Bonchev–Trinajstić information content (AvgIpc) is 3.29. The number of amides is 2. The fourth-order valence-corrected chi connectivity index (χ4v) is 4.23. The summed E-state index contributed by atoms with van der Waals surface area (Å²) in [4.78, 5) is 31.5. The molecule has 29 heavy (non-hydrogen) atoms. The zero-order chi connectivity index (χ0) is 20.2. The van der Waals surface area contributed by atoms with E-state index in [0.717, 1.165) is 29.1 Å². The number of hydrogen-bond donors (Lipinski definition) is 1. The molecule has 2 amide bonds. The molecule has 1 N–H and O–H groups in total. The summed E-state index contributed by atoms with van der Waals surface area (Å²) in [6, 6.07) is 14.5. The molecule has 2 aromatic carbocycles. The number of piperidine rings is 1. The van der Waals surface area contributed by atoms with Crippen molar-refractivity contribution < 1.29 is 9.59 Å². The molecule has 0 saturated carbocycles. The van der Waals surface area contributed by atoms with Gasteiger partial charge in [-0.15, -0.1) is 11.3 Å². The van der Waals surface area contributed by atoms with E-state index < -0.39 is 0 Å². The van der Waals surface area contributed by atoms with Gasteiger partial charge in [-0.05, 0) is 61.4 Å². The van der Waals surface area contributed by atoms with Crippen molar-refractivity contribution in [1.29, 1.82) is 0 Å². The number of rotatable bonds is 4. The van der Waals surface area contributed by atoms with Crippen LogP contribution in [-0.4, -0.2) is 34.8 Å². The highest BCUT2D eigenvalue weighted by molar-refractivity contribution is 7.13. The second kappa shape index (κ2) is 8.76. The maximum Gasteiger partial charge on any atom is 0.253 e. The predicted molar refractivity (Wildman–Crippen MR) is 116 cm³/mol. The fourth-order valence-electron chi connectivity index (χ4n) is 3.46. The smallest absolute Gasteiger partial charge is 0.253 e. The number of aromatic nitrogens is 1. The standard InChI is InChI=1S/C22H20ClN3O2S/c23-18-7-3-16(4-8-18)22(28)26-12-1-2-17(14-26)20(27)25-19-9-5-15(6-10-19)21-24-11-13-29-21/h3-11,13,17H,1-2,12,14H2,(H,25,27). The Balaban J connectivity index is 1.38. The lowest BCUT2D eigenvalue weighted by Gasteiger charge is -2.32. The van der Waals surface area contributed by atoms with Gasteiger partial charge in [0.1, 0.15) is 5.01 Å². The molecule has 1 aromatic heterocycles. The molecule has 5 nitrogen and oxygen atoms in total. The highest BCUT2D eigenvalue weighted by Gasteiger charge is 2.29. The lowest BCUT2D eigenvalue weighted by molar-refractivity contribution is -0.121. The second-order valence-electron chi connectivity index (χ2n) is 7.00. The Morgan fingerprint density at radius 3 is 2.55 bits per heavy atom. The minimum Gasteiger partial charge on any atom is -0.338 e. The Morgan fingerprint density at radius 1 is 1.10 bits per heavy atom. The first-order valence-corrected chi connectivity index (χ1v) is 10.7. The summed E-state index contributed by atoms with van der Waals surface area (Å²) < 4.78 is 0. The van der Waals surface area contributed by atoms with E-state index in [4.69, 9.17) is 11.6 Å². The summed E-state index contributed by atoms with van der Waals surface area (Å²) in [5.41, 5.74) is 2.36. The molecule has 0 bridgehead atoms. The number of nitrogens with zero attached hydrogens (tertiary/aromatic N) is 2. The molecule has 1 aliphatic rings. The van der Waals surface area contributed by atoms with Crippen molar-refractivity contribution in [3.8, 4) is 10.6 Å². The summed E-state index contributed by atoms with van der Waals surface area (Å²) in [6.45, 7) is 1.08. The maximum absolute atomic E-state index is 12.8. The molecule has 3 aromatic rings. The van der Waals surface area contributed by atoms with Crippen LogP contribution in [-0.2, 0) is 4.79 Å². The molecular formula is C22H20ClN3O2S. The summed E-state index contributed by atoms with van der Waals surface area (Å²) in [6.07, 6.45) is 3.35. The quantitative estimate of drug-likeness (QED) is 0.643. The Bertz CT molecular complexity index is 988. The molecule has 1 unspecified atom stereocenters. The van der Waals surface area contributed by atoms with Gasteiger partial charge in [-0.25, -0.2) is 4.98 Å². The van der Waals surface area contributed by atoms with E-state index in [9.17, 15) is 9.59 Å². The molecule has 1 fully saturated rings. The number of nitrogens with one attached hydrogen (secondary N) is 1. The van der Waals surface area contributed by atoms with E-state index in [1.165, 1.54) is 0 Å². The largest absolute Gasteiger partial charge is 0.338 e. The van der Waals surface area contributed by atoms with Crippen molar-refractivity contribution in [3.05, 3.63) is 70.7 Å². The molecular weight excluding hydrogens is 406 g/mol. The number of thiazole rings is 1. The average molecular weight is 426 g/mol. The summed E-state index contributed by atoms with van der Waals surface area (Å²) in [5.74, 6) is -0.341. The maximum atomic E-state index is 12.8. The van der Waals surface area contributed by atoms with Crippen molar-refractivity contribution in [2.45, 2.75) is 12.8 Å². The number of hydrogen-bond acceptors (Lipinski definition) is 4. The molecule has 1 aliphatic heterocycles. The van der Waals surface area contributed by atoms with Gasteiger partial charge >= 0.3 is 0 Å². The molecule has 4 rings (SSSR count). The molecule has 7 heteroatoms. The zero-order valence-corrected chi connectivity index (χ0v) is 17.2. The van der Waals surface area contributed by atoms with E-state index in [2.05, 4.69) is 10.3 Å². The van der Waals surface area contributed by atoms with Crippen LogP contribution in [0, 0.1) is 5.92 Å². The summed E-state index contributed by atoms with van der Waals surface area (Å²) in [5, 5.41) is 6.46. The van der Waals surface area contributed by atoms with Crippen LogP contribution in [0.1, 0.15) is 23.2 Å². The van der Waals surface area contributed by atoms with Crippen LogP contribution in [0.4, 0.5) is 5.69 Å². The first kappa shape index (κ1) is 19.6. The van der Waals surface area contributed by atoms with Gasteiger partial charge < -0.3 is 10.2 Å². The van der Waals surface area contributed by atoms with E-state index in [-0.39, 0.29) is 17.7 Å². The Morgan fingerprint density at radius 2 is 1.86 bits per heavy atom. The van der Waals surface area contributed by atoms with Crippen LogP contribution >= 0.6 is 22.9 Å². The topological polar surface area (TPSA) is 62.3 Å². The first-order chi connectivity index (χ1) is 14.1. The number of carbonyl (C=O) groups excluding carboxylic acids is 2. The van der Waals surface area contributed by atoms with Crippen LogP contribution in [0.15, 0.2) is 60.1 Å². The van der Waals surface area contributed by atoms with Crippen LogP contribution in [0.3, 0.4) is 0 Å². The SMILES string of the molecule is O=C(Nc1ccc(-c2nccs2)cc1)C1CCCN(C(=O)c2ccc(Cl)cc2)C1. The number of likely N-dealkylation sites (tertiary alicyclic amines) is 1. The molecule has 2 heterocycles. The van der Waals surface area contributed by atoms with E-state index in [0.29, 0.717) is 23.7 Å². The number of carbonyl (C=O) groups is 2. The third-order valence-electron chi connectivity index (χ3n) is 5.00. The minimum atomic E-state index is -0.223. The monoisotopic (exact) mass is 425 g/mol. The van der Waals surface area contributed by atoms with Crippen LogP contribution < -0.4 is 5.32 Å². The van der Waals surface area contributed by atoms with Gasteiger partial charge in [0.15, 0.2) is 0 Å². The van der Waals surface area contributed by atoms with Crippen LogP contribution in [0.25, 0.3) is 10.6 Å². The van der Waals surface area contributed by atoms with Gasteiger partial charge in [0, 0.05) is 46.5 Å². The van der Waals surface area contributed by atoms with E-state index >= 15 is 0 Å². The minimum absolute atomic E-state index is 0.0550. The normalized spacial score (nSPS) is 16.4. The highest BCUT2D eigenvalue weighted by Crippen LogP contribution is 2.25. The van der Waals surface area contributed by atoms with Crippen LogP contribution in [0.2, 0.25) is 5.02 Å². The number of halogens is 1. The molecule has 0 aliphatic carbocycles. The second-order valence-corrected chi connectivity index (χ2v) is 8.33. The third-order valence-corrected chi connectivity index (χ3v) is 6.08. The Hall–Kier alpha value is -2.70. The van der Waals surface area contributed by atoms with Gasteiger partial charge in [-0.1, -0.05) is 11.6 Å². The van der Waals surface area contributed by atoms with Gasteiger partial charge in [-0.2, -0.15) is 0 Å².